The predicted octanol–water partition coefficient (Wildman–Crippen LogP) is 4.17. The van der Waals surface area contributed by atoms with Crippen LogP contribution in [0.2, 0.25) is 0 Å². The maximum Gasteiger partial charge on any atom is 0.407 e. The van der Waals surface area contributed by atoms with E-state index in [9.17, 15) is 9.59 Å². The molecule has 2 aromatic rings. The van der Waals surface area contributed by atoms with Crippen LogP contribution in [0.15, 0.2) is 34.2 Å². The summed E-state index contributed by atoms with van der Waals surface area (Å²) in [5.41, 5.74) is 0.908. The number of nitrogens with one attached hydrogen (secondary N) is 1. The Morgan fingerprint density at radius 3 is 2.64 bits per heavy atom. The molecule has 0 bridgehead atoms. The number of carbonyl (C=O) groups is 2. The normalized spacial score (nSPS) is 15.9. The second-order valence-corrected chi connectivity index (χ2v) is 9.18. The first-order chi connectivity index (χ1) is 13.5. The van der Waals surface area contributed by atoms with Gasteiger partial charge in [-0.1, -0.05) is 6.07 Å². The number of carboxylic acid groups (broad SMARTS) is 1. The van der Waals surface area contributed by atoms with Crippen LogP contribution in [0.25, 0.3) is 0 Å². The molecule has 1 fully saturated rings. The van der Waals surface area contributed by atoms with E-state index in [1.807, 2.05) is 12.1 Å². The van der Waals surface area contributed by atoms with Crippen LogP contribution in [0.4, 0.5) is 4.79 Å². The zero-order valence-corrected chi connectivity index (χ0v) is 17.8. The molecule has 9 heteroatoms. The van der Waals surface area contributed by atoms with Gasteiger partial charge in [0.05, 0.1) is 21.8 Å². The SMILES string of the molecule is COc1ccc(C(CC2CCN(C(=O)O)CC2)NC(=O)c2ccc(Br)s2)cn1. The van der Waals surface area contributed by atoms with Crippen molar-refractivity contribution in [3.8, 4) is 5.88 Å². The van der Waals surface area contributed by atoms with Crippen LogP contribution in [0.3, 0.4) is 0 Å². The van der Waals surface area contributed by atoms with Gasteiger partial charge in [0, 0.05) is 25.4 Å². The van der Waals surface area contributed by atoms with E-state index in [0.717, 1.165) is 28.6 Å². The Hall–Kier alpha value is -2.13. The van der Waals surface area contributed by atoms with Crippen molar-refractivity contribution in [2.24, 2.45) is 5.92 Å². The number of piperidine rings is 1. The Kier molecular flexibility index (Phi) is 6.90. The molecule has 28 heavy (non-hydrogen) atoms. The average Bonchev–Trinajstić information content (AvgIpc) is 3.14. The number of rotatable bonds is 6. The van der Waals surface area contributed by atoms with Crippen LogP contribution in [0.5, 0.6) is 5.88 Å². The lowest BCUT2D eigenvalue weighted by Gasteiger charge is -2.32. The number of pyridine rings is 1. The van der Waals surface area contributed by atoms with E-state index in [2.05, 4.69) is 26.2 Å². The molecule has 0 saturated carbocycles. The summed E-state index contributed by atoms with van der Waals surface area (Å²) in [6.07, 6.45) is 3.16. The summed E-state index contributed by atoms with van der Waals surface area (Å²) in [5.74, 6) is 0.725. The summed E-state index contributed by atoms with van der Waals surface area (Å²) in [7, 11) is 1.56. The quantitative estimate of drug-likeness (QED) is 0.664. The van der Waals surface area contributed by atoms with Gasteiger partial charge in [0.25, 0.3) is 5.91 Å². The van der Waals surface area contributed by atoms with Crippen molar-refractivity contribution in [2.45, 2.75) is 25.3 Å². The van der Waals surface area contributed by atoms with Gasteiger partial charge in [-0.25, -0.2) is 9.78 Å². The first kappa shape index (κ1) is 20.6. The highest BCUT2D eigenvalue weighted by Crippen LogP contribution is 2.30. The molecule has 1 saturated heterocycles. The standard InChI is InChI=1S/C19H22BrN3O4S/c1-27-17-5-2-13(11-21-17)14(22-18(24)15-3-4-16(20)28-15)10-12-6-8-23(9-7-12)19(25)26/h2-5,11-12,14H,6-10H2,1H3,(H,22,24)(H,25,26). The number of nitrogens with zero attached hydrogens (tertiary/aromatic N) is 2. The molecular weight excluding hydrogens is 446 g/mol. The molecule has 1 unspecified atom stereocenters. The number of amides is 2. The molecule has 3 rings (SSSR count). The Morgan fingerprint density at radius 1 is 1.36 bits per heavy atom. The molecule has 2 N–H and O–H groups in total. The van der Waals surface area contributed by atoms with Gasteiger partial charge in [0.2, 0.25) is 5.88 Å². The molecule has 0 spiro atoms. The number of thiophene rings is 1. The zero-order valence-electron chi connectivity index (χ0n) is 15.4. The summed E-state index contributed by atoms with van der Waals surface area (Å²) in [6, 6.07) is 7.13. The fourth-order valence-corrected chi connectivity index (χ4v) is 4.65. The minimum absolute atomic E-state index is 0.125. The lowest BCUT2D eigenvalue weighted by molar-refractivity contribution is 0.0926. The molecule has 150 valence electrons. The molecule has 7 nitrogen and oxygen atoms in total. The van der Waals surface area contributed by atoms with E-state index >= 15 is 0 Å². The van der Waals surface area contributed by atoms with Crippen LogP contribution in [0, 0.1) is 5.92 Å². The van der Waals surface area contributed by atoms with Gasteiger partial charge < -0.3 is 20.1 Å². The lowest BCUT2D eigenvalue weighted by atomic mass is 9.88. The third kappa shape index (κ3) is 5.23. The zero-order chi connectivity index (χ0) is 20.1. The molecular formula is C19H22BrN3O4S. The average molecular weight is 468 g/mol. The monoisotopic (exact) mass is 467 g/mol. The minimum atomic E-state index is -0.870. The molecule has 3 heterocycles. The van der Waals surface area contributed by atoms with E-state index in [0.29, 0.717) is 29.8 Å². The van der Waals surface area contributed by atoms with E-state index in [1.165, 1.54) is 16.2 Å². The van der Waals surface area contributed by atoms with E-state index in [1.54, 1.807) is 25.4 Å². The van der Waals surface area contributed by atoms with E-state index in [4.69, 9.17) is 9.84 Å². The summed E-state index contributed by atoms with van der Waals surface area (Å²) in [4.78, 5) is 30.2. The van der Waals surface area contributed by atoms with Crippen molar-refractivity contribution in [3.63, 3.8) is 0 Å². The third-order valence-electron chi connectivity index (χ3n) is 4.93. The van der Waals surface area contributed by atoms with Crippen molar-refractivity contribution in [1.29, 1.82) is 0 Å². The Balaban J connectivity index is 1.72. The number of methoxy groups -OCH3 is 1. The molecule has 1 aliphatic heterocycles. The Bertz CT molecular complexity index is 819. The third-order valence-corrected chi connectivity index (χ3v) is 6.55. The van der Waals surface area contributed by atoms with Gasteiger partial charge in [-0.3, -0.25) is 4.79 Å². The van der Waals surface area contributed by atoms with Gasteiger partial charge in [-0.05, 0) is 58.8 Å². The fourth-order valence-electron chi connectivity index (χ4n) is 3.36. The second-order valence-electron chi connectivity index (χ2n) is 6.71. The molecule has 0 aliphatic carbocycles. The smallest absolute Gasteiger partial charge is 0.407 e. The van der Waals surface area contributed by atoms with Crippen molar-refractivity contribution in [2.75, 3.05) is 20.2 Å². The van der Waals surface area contributed by atoms with Crippen LogP contribution in [-0.2, 0) is 0 Å². The lowest BCUT2D eigenvalue weighted by Crippen LogP contribution is -2.39. The van der Waals surface area contributed by atoms with Crippen LogP contribution in [0.1, 0.15) is 40.5 Å². The summed E-state index contributed by atoms with van der Waals surface area (Å²) in [5, 5.41) is 12.2. The van der Waals surface area contributed by atoms with Gasteiger partial charge in [0.15, 0.2) is 0 Å². The molecule has 0 radical (unpaired) electrons. The number of hydrogen-bond acceptors (Lipinski definition) is 5. The number of ether oxygens (including phenoxy) is 1. The van der Waals surface area contributed by atoms with Crippen molar-refractivity contribution < 1.29 is 19.4 Å². The summed E-state index contributed by atoms with van der Waals surface area (Å²) >= 11 is 4.77. The number of hydrogen-bond donors (Lipinski definition) is 2. The highest BCUT2D eigenvalue weighted by molar-refractivity contribution is 9.11. The van der Waals surface area contributed by atoms with Crippen molar-refractivity contribution in [1.82, 2.24) is 15.2 Å². The Labute approximate surface area is 175 Å². The maximum atomic E-state index is 12.7. The predicted molar refractivity (Wildman–Crippen MR) is 110 cm³/mol. The number of carbonyl (C=O) groups excluding carboxylic acids is 1. The maximum absolute atomic E-state index is 12.7. The molecule has 2 amide bonds. The van der Waals surface area contributed by atoms with Gasteiger partial charge in [-0.15, -0.1) is 11.3 Å². The molecule has 1 aliphatic rings. The van der Waals surface area contributed by atoms with Gasteiger partial charge in [0.1, 0.15) is 0 Å². The number of likely N-dealkylation sites (tertiary alicyclic amines) is 1. The highest BCUT2D eigenvalue weighted by Gasteiger charge is 2.27. The first-order valence-electron chi connectivity index (χ1n) is 9.00. The first-order valence-corrected chi connectivity index (χ1v) is 10.6. The second kappa shape index (κ2) is 9.38. The van der Waals surface area contributed by atoms with Crippen molar-refractivity contribution in [3.05, 3.63) is 44.7 Å². The van der Waals surface area contributed by atoms with Crippen molar-refractivity contribution >= 4 is 39.3 Å². The number of halogens is 1. The van der Waals surface area contributed by atoms with Crippen LogP contribution < -0.4 is 10.1 Å². The molecule has 0 aromatic carbocycles. The highest BCUT2D eigenvalue weighted by atomic mass is 79.9. The molecule has 2 aromatic heterocycles. The van der Waals surface area contributed by atoms with Gasteiger partial charge in [-0.2, -0.15) is 0 Å². The Morgan fingerprint density at radius 2 is 2.11 bits per heavy atom. The van der Waals surface area contributed by atoms with E-state index in [-0.39, 0.29) is 11.9 Å². The number of aromatic nitrogens is 1. The summed E-state index contributed by atoms with van der Waals surface area (Å²) in [6.45, 7) is 1.05. The van der Waals surface area contributed by atoms with Crippen LogP contribution in [-0.4, -0.2) is 47.2 Å². The largest absolute Gasteiger partial charge is 0.481 e. The van der Waals surface area contributed by atoms with Gasteiger partial charge >= 0.3 is 6.09 Å². The minimum Gasteiger partial charge on any atom is -0.481 e. The fraction of sp³-hybridized carbons (Fsp3) is 0.421. The summed E-state index contributed by atoms with van der Waals surface area (Å²) < 4.78 is 6.03. The topological polar surface area (TPSA) is 91.8 Å². The van der Waals surface area contributed by atoms with E-state index < -0.39 is 6.09 Å². The van der Waals surface area contributed by atoms with Crippen LogP contribution >= 0.6 is 27.3 Å². The molecule has 1 atom stereocenters.